The highest BCUT2D eigenvalue weighted by Crippen LogP contribution is 2.28. The number of nitrogens with zero attached hydrogens (tertiary/aromatic N) is 4. The Bertz CT molecular complexity index is 1400. The molecule has 3 fully saturated rings. The number of urea groups is 1. The van der Waals surface area contributed by atoms with E-state index in [-0.39, 0.29) is 30.2 Å². The standard InChI is InChI=1S/C37H51N5O5/c1-26-23-28(24-27(2)34(26)43)25-33(35(44)40-21-19-39(20-22-40)30-10-5-3-4-6-11-30)47-37(46)41-16-14-31(15-17-41)42-18-13-29-9-7-8-12-32(29)38-36(42)45/h7-9,12,23-24,30-31,33,43H,3-6,10-11,13-22,25H2,1-2H3,(H,38,45). The number of phenolic OH excluding ortho intramolecular Hbond substituents is 1. The number of nitrogens with one attached hydrogen (secondary N) is 1. The first-order chi connectivity index (χ1) is 22.8. The van der Waals surface area contributed by atoms with Crippen LogP contribution < -0.4 is 5.32 Å². The second-order valence-electron chi connectivity index (χ2n) is 13.9. The minimum atomic E-state index is -0.956. The van der Waals surface area contributed by atoms with Crippen LogP contribution in [0, 0.1) is 13.8 Å². The summed E-state index contributed by atoms with van der Waals surface area (Å²) < 4.78 is 6.07. The topological polar surface area (TPSA) is 106 Å². The van der Waals surface area contributed by atoms with Gasteiger partial charge in [0.15, 0.2) is 6.10 Å². The Morgan fingerprint density at radius 1 is 0.851 bits per heavy atom. The average Bonchev–Trinajstić information content (AvgIpc) is 3.46. The molecule has 10 heteroatoms. The summed E-state index contributed by atoms with van der Waals surface area (Å²) in [7, 11) is 0. The predicted molar refractivity (Wildman–Crippen MR) is 182 cm³/mol. The molecule has 10 nitrogen and oxygen atoms in total. The number of ether oxygens (including phenoxy) is 1. The Morgan fingerprint density at radius 3 is 2.19 bits per heavy atom. The molecular weight excluding hydrogens is 594 g/mol. The number of aryl methyl sites for hydroxylation is 2. The molecule has 3 aliphatic heterocycles. The maximum atomic E-state index is 14.0. The summed E-state index contributed by atoms with van der Waals surface area (Å²) >= 11 is 0. The van der Waals surface area contributed by atoms with E-state index in [4.69, 9.17) is 4.74 Å². The lowest BCUT2D eigenvalue weighted by Crippen LogP contribution is -2.55. The second kappa shape index (κ2) is 15.0. The van der Waals surface area contributed by atoms with Crippen molar-refractivity contribution in [1.82, 2.24) is 19.6 Å². The van der Waals surface area contributed by atoms with Crippen LogP contribution >= 0.6 is 0 Å². The van der Waals surface area contributed by atoms with Crippen LogP contribution in [0.3, 0.4) is 0 Å². The molecule has 0 spiro atoms. The van der Waals surface area contributed by atoms with Gasteiger partial charge < -0.3 is 29.9 Å². The fraction of sp³-hybridized carbons (Fsp3) is 0.595. The summed E-state index contributed by atoms with van der Waals surface area (Å²) in [5, 5.41) is 13.4. The third-order valence-electron chi connectivity index (χ3n) is 10.8. The first kappa shape index (κ1) is 33.1. The van der Waals surface area contributed by atoms with Crippen LogP contribution in [0.25, 0.3) is 0 Å². The summed E-state index contributed by atoms with van der Waals surface area (Å²) in [5.74, 6) is 0.0889. The summed E-state index contributed by atoms with van der Waals surface area (Å²) in [4.78, 5) is 48.7. The molecule has 2 aromatic rings. The third kappa shape index (κ3) is 7.86. The molecule has 2 N–H and O–H groups in total. The van der Waals surface area contributed by atoms with Gasteiger partial charge in [-0.05, 0) is 74.3 Å². The summed E-state index contributed by atoms with van der Waals surface area (Å²) in [5.41, 5.74) is 4.31. The minimum Gasteiger partial charge on any atom is -0.507 e. The van der Waals surface area contributed by atoms with E-state index in [1.54, 1.807) is 4.90 Å². The minimum absolute atomic E-state index is 0.0264. The third-order valence-corrected chi connectivity index (χ3v) is 10.8. The molecule has 1 unspecified atom stereocenters. The number of para-hydroxylation sites is 1. The molecule has 1 saturated carbocycles. The number of carbonyl (C=O) groups is 3. The van der Waals surface area contributed by atoms with Gasteiger partial charge in [-0.15, -0.1) is 0 Å². The molecule has 1 aliphatic carbocycles. The van der Waals surface area contributed by atoms with Gasteiger partial charge >= 0.3 is 12.1 Å². The highest BCUT2D eigenvalue weighted by molar-refractivity contribution is 5.91. The van der Waals surface area contributed by atoms with E-state index in [1.165, 1.54) is 38.5 Å². The maximum Gasteiger partial charge on any atom is 0.410 e. The van der Waals surface area contributed by atoms with Crippen molar-refractivity contribution in [1.29, 1.82) is 0 Å². The number of piperazine rings is 1. The van der Waals surface area contributed by atoms with Gasteiger partial charge in [0.2, 0.25) is 0 Å². The maximum absolute atomic E-state index is 14.0. The number of hydrogen-bond donors (Lipinski definition) is 2. The number of piperidine rings is 1. The smallest absolute Gasteiger partial charge is 0.410 e. The van der Waals surface area contributed by atoms with Gasteiger partial charge in [-0.25, -0.2) is 9.59 Å². The molecule has 1 atom stereocenters. The number of hydrogen-bond acceptors (Lipinski definition) is 6. The van der Waals surface area contributed by atoms with Gasteiger partial charge in [-0.2, -0.15) is 0 Å². The Balaban J connectivity index is 1.08. The normalized spacial score (nSPS) is 21.0. The molecule has 4 aliphatic rings. The lowest BCUT2D eigenvalue weighted by molar-refractivity contribution is -0.143. The number of carbonyl (C=O) groups excluding carboxylic acids is 3. The molecule has 47 heavy (non-hydrogen) atoms. The van der Waals surface area contributed by atoms with E-state index in [9.17, 15) is 19.5 Å². The van der Waals surface area contributed by atoms with Gasteiger partial charge in [0, 0.05) is 70.0 Å². The highest BCUT2D eigenvalue weighted by atomic mass is 16.6. The fourth-order valence-electron chi connectivity index (χ4n) is 7.99. The van der Waals surface area contributed by atoms with Crippen LogP contribution in [0.1, 0.15) is 73.6 Å². The number of aromatic hydroxyl groups is 1. The zero-order chi connectivity index (χ0) is 32.9. The van der Waals surface area contributed by atoms with Crippen molar-refractivity contribution in [3.05, 3.63) is 58.7 Å². The number of anilines is 1. The van der Waals surface area contributed by atoms with Crippen LogP contribution in [0.2, 0.25) is 0 Å². The highest BCUT2D eigenvalue weighted by Gasteiger charge is 2.36. The van der Waals surface area contributed by atoms with Gasteiger partial charge in [0.1, 0.15) is 5.75 Å². The lowest BCUT2D eigenvalue weighted by atomic mass is 10.00. The second-order valence-corrected chi connectivity index (χ2v) is 13.9. The monoisotopic (exact) mass is 645 g/mol. The Kier molecular flexibility index (Phi) is 10.5. The first-order valence-corrected chi connectivity index (χ1v) is 17.7. The molecule has 2 aromatic carbocycles. The molecule has 254 valence electrons. The van der Waals surface area contributed by atoms with Crippen LogP contribution in [-0.4, -0.2) is 107 Å². The predicted octanol–water partition coefficient (Wildman–Crippen LogP) is 5.48. The van der Waals surface area contributed by atoms with Gasteiger partial charge in [-0.3, -0.25) is 9.69 Å². The summed E-state index contributed by atoms with van der Waals surface area (Å²) in [6, 6.07) is 12.2. The van der Waals surface area contributed by atoms with Crippen LogP contribution in [0.5, 0.6) is 5.75 Å². The quantitative estimate of drug-likeness (QED) is 0.404. The molecule has 0 radical (unpaired) electrons. The van der Waals surface area contributed by atoms with E-state index >= 15 is 0 Å². The van der Waals surface area contributed by atoms with Crippen molar-refractivity contribution in [3.8, 4) is 5.75 Å². The molecule has 3 heterocycles. The fourth-order valence-corrected chi connectivity index (χ4v) is 7.99. The molecular formula is C37H51N5O5. The van der Waals surface area contributed by atoms with Crippen molar-refractivity contribution in [3.63, 3.8) is 0 Å². The van der Waals surface area contributed by atoms with Crippen molar-refractivity contribution in [2.45, 2.75) is 96.2 Å². The van der Waals surface area contributed by atoms with Gasteiger partial charge in [0.25, 0.3) is 5.91 Å². The number of benzene rings is 2. The molecule has 4 amide bonds. The molecule has 6 rings (SSSR count). The molecule has 0 aromatic heterocycles. The number of amides is 4. The number of rotatable bonds is 6. The van der Waals surface area contributed by atoms with E-state index in [0.29, 0.717) is 51.6 Å². The number of likely N-dealkylation sites (tertiary alicyclic amines) is 1. The zero-order valence-corrected chi connectivity index (χ0v) is 28.1. The largest absolute Gasteiger partial charge is 0.507 e. The van der Waals surface area contributed by atoms with Crippen molar-refractivity contribution in [2.75, 3.05) is 51.1 Å². The average molecular weight is 646 g/mol. The number of fused-ring (bicyclic) bond motifs is 1. The number of phenols is 1. The van der Waals surface area contributed by atoms with Gasteiger partial charge in [0.05, 0.1) is 0 Å². The molecule has 2 saturated heterocycles. The Morgan fingerprint density at radius 2 is 1.51 bits per heavy atom. The summed E-state index contributed by atoms with van der Waals surface area (Å²) in [6.45, 7) is 8.18. The van der Waals surface area contributed by atoms with Crippen LogP contribution in [-0.2, 0) is 22.4 Å². The van der Waals surface area contributed by atoms with E-state index in [1.807, 2.05) is 60.0 Å². The van der Waals surface area contributed by atoms with Crippen LogP contribution in [0.4, 0.5) is 15.3 Å². The first-order valence-electron chi connectivity index (χ1n) is 17.7. The SMILES string of the molecule is Cc1cc(CC(OC(=O)N2CCC(N3CCc4ccccc4NC3=O)CC2)C(=O)N2CCN(C3CCCCCC3)CC2)cc(C)c1O. The van der Waals surface area contributed by atoms with Crippen molar-refractivity contribution >= 4 is 23.7 Å². The van der Waals surface area contributed by atoms with Crippen molar-refractivity contribution in [2.24, 2.45) is 0 Å². The molecule has 0 bridgehead atoms. The van der Waals surface area contributed by atoms with E-state index in [0.717, 1.165) is 47.5 Å². The van der Waals surface area contributed by atoms with Crippen LogP contribution in [0.15, 0.2) is 36.4 Å². The Labute approximate surface area is 279 Å². The summed E-state index contributed by atoms with van der Waals surface area (Å²) in [6.07, 6.45) is 8.56. The van der Waals surface area contributed by atoms with E-state index in [2.05, 4.69) is 10.2 Å². The van der Waals surface area contributed by atoms with Crippen molar-refractivity contribution < 1.29 is 24.2 Å². The Hall–Kier alpha value is -3.79. The lowest BCUT2D eigenvalue weighted by Gasteiger charge is -2.40. The zero-order valence-electron chi connectivity index (χ0n) is 28.1. The van der Waals surface area contributed by atoms with Gasteiger partial charge in [-0.1, -0.05) is 56.0 Å². The van der Waals surface area contributed by atoms with E-state index < -0.39 is 12.2 Å².